The smallest absolute Gasteiger partial charge is 0.145 e. The first-order chi connectivity index (χ1) is 14.7. The van der Waals surface area contributed by atoms with Gasteiger partial charge in [-0.25, -0.2) is 0 Å². The summed E-state index contributed by atoms with van der Waals surface area (Å²) in [5.41, 5.74) is 3.14. The first-order valence-electron chi connectivity index (χ1n) is 10.2. The summed E-state index contributed by atoms with van der Waals surface area (Å²) in [5, 5.41) is 14.7. The Morgan fingerprint density at radius 1 is 1.27 bits per heavy atom. The molecule has 0 aromatic heterocycles. The fraction of sp³-hybridized carbons (Fsp3) is 0.375. The second-order valence-electron chi connectivity index (χ2n) is 7.36. The van der Waals surface area contributed by atoms with Crippen LogP contribution in [0.2, 0.25) is 0 Å². The largest absolute Gasteiger partial charge is 0.497 e. The molecule has 1 aliphatic heterocycles. The number of aliphatic hydroxyl groups excluding tert-OH is 1. The van der Waals surface area contributed by atoms with Crippen molar-refractivity contribution in [1.29, 1.82) is 0 Å². The van der Waals surface area contributed by atoms with E-state index in [0.29, 0.717) is 26.2 Å². The molecule has 1 heterocycles. The third-order valence-corrected chi connectivity index (χ3v) is 4.86. The van der Waals surface area contributed by atoms with Crippen molar-refractivity contribution in [2.75, 3.05) is 33.4 Å². The fourth-order valence-corrected chi connectivity index (χ4v) is 3.49. The highest BCUT2D eigenvalue weighted by molar-refractivity contribution is 6.01. The quantitative estimate of drug-likeness (QED) is 0.430. The predicted molar refractivity (Wildman–Crippen MR) is 118 cm³/mol. The maximum atomic E-state index is 10.4. The second kappa shape index (κ2) is 11.5. The summed E-state index contributed by atoms with van der Waals surface area (Å²) in [7, 11) is 1.66. The fourth-order valence-electron chi connectivity index (χ4n) is 3.49. The van der Waals surface area contributed by atoms with E-state index < -0.39 is 6.10 Å². The summed E-state index contributed by atoms with van der Waals surface area (Å²) in [6.45, 7) is 6.10. The molecule has 30 heavy (non-hydrogen) atoms. The van der Waals surface area contributed by atoms with E-state index in [4.69, 9.17) is 14.3 Å². The molecule has 0 bridgehead atoms. The van der Waals surface area contributed by atoms with Gasteiger partial charge in [0.1, 0.15) is 11.9 Å². The Labute approximate surface area is 178 Å². The van der Waals surface area contributed by atoms with E-state index in [2.05, 4.69) is 22.7 Å². The van der Waals surface area contributed by atoms with Gasteiger partial charge in [-0.1, -0.05) is 53.7 Å². The number of hydrogen-bond donors (Lipinski definition) is 1. The number of oxime groups is 1. The molecule has 0 fully saturated rings. The van der Waals surface area contributed by atoms with Gasteiger partial charge in [-0.15, -0.1) is 6.58 Å². The normalized spacial score (nSPS) is 16.8. The Morgan fingerprint density at radius 2 is 2.10 bits per heavy atom. The number of nitrogens with zero attached hydrogens (tertiary/aromatic N) is 2. The van der Waals surface area contributed by atoms with E-state index in [1.807, 2.05) is 48.5 Å². The van der Waals surface area contributed by atoms with E-state index in [-0.39, 0.29) is 12.7 Å². The van der Waals surface area contributed by atoms with Crippen LogP contribution in [0.25, 0.3) is 0 Å². The average Bonchev–Trinajstić information content (AvgIpc) is 3.23. The van der Waals surface area contributed by atoms with Gasteiger partial charge in [-0.2, -0.15) is 0 Å². The molecule has 160 valence electrons. The van der Waals surface area contributed by atoms with Gasteiger partial charge in [0, 0.05) is 26.1 Å². The standard InChI is InChI=1S/C24H30N2O4/c1-3-12-29-18-21(27)16-26(15-19-8-7-11-22(13-19)28-2)17-23-14-24(25-30-23)20-9-5-4-6-10-20/h3-11,13,21,23,27H,1,12,14-18H2,2H3/t21-,23-/m0/s1. The van der Waals surface area contributed by atoms with Gasteiger partial charge >= 0.3 is 0 Å². The van der Waals surface area contributed by atoms with Crippen LogP contribution in [0.3, 0.4) is 0 Å². The van der Waals surface area contributed by atoms with Crippen LogP contribution in [-0.2, 0) is 16.1 Å². The van der Waals surface area contributed by atoms with Gasteiger partial charge in [0.25, 0.3) is 0 Å². The van der Waals surface area contributed by atoms with E-state index in [9.17, 15) is 5.11 Å². The molecule has 0 aliphatic carbocycles. The molecule has 0 unspecified atom stereocenters. The molecule has 2 aromatic carbocycles. The van der Waals surface area contributed by atoms with Crippen LogP contribution in [-0.4, -0.2) is 61.3 Å². The van der Waals surface area contributed by atoms with E-state index in [1.165, 1.54) is 0 Å². The minimum atomic E-state index is -0.605. The molecule has 2 atom stereocenters. The van der Waals surface area contributed by atoms with Crippen LogP contribution in [0.1, 0.15) is 17.5 Å². The molecule has 1 N–H and O–H groups in total. The number of methoxy groups -OCH3 is 1. The van der Waals surface area contributed by atoms with Crippen molar-refractivity contribution in [3.05, 3.63) is 78.4 Å². The number of aliphatic hydroxyl groups is 1. The molecule has 6 heteroatoms. The molecule has 0 spiro atoms. The first-order valence-corrected chi connectivity index (χ1v) is 10.2. The van der Waals surface area contributed by atoms with Gasteiger partial charge in [0.05, 0.1) is 32.1 Å². The highest BCUT2D eigenvalue weighted by atomic mass is 16.6. The van der Waals surface area contributed by atoms with Gasteiger partial charge in [0.15, 0.2) is 0 Å². The summed E-state index contributed by atoms with van der Waals surface area (Å²) >= 11 is 0. The van der Waals surface area contributed by atoms with Crippen LogP contribution in [0, 0.1) is 0 Å². The highest BCUT2D eigenvalue weighted by Crippen LogP contribution is 2.20. The third-order valence-electron chi connectivity index (χ3n) is 4.86. The van der Waals surface area contributed by atoms with Crippen molar-refractivity contribution < 1.29 is 19.4 Å². The van der Waals surface area contributed by atoms with Crippen molar-refractivity contribution >= 4 is 5.71 Å². The Morgan fingerprint density at radius 3 is 2.87 bits per heavy atom. The zero-order chi connectivity index (χ0) is 21.2. The minimum Gasteiger partial charge on any atom is -0.497 e. The summed E-state index contributed by atoms with van der Waals surface area (Å²) in [6.07, 6.45) is 1.75. The topological polar surface area (TPSA) is 63.5 Å². The monoisotopic (exact) mass is 410 g/mol. The SMILES string of the molecule is C=CCOC[C@@H](O)CN(Cc1cccc(OC)c1)C[C@@H]1CC(c2ccccc2)=NO1. The average molecular weight is 411 g/mol. The molecular weight excluding hydrogens is 380 g/mol. The predicted octanol–water partition coefficient (Wildman–Crippen LogP) is 3.25. The van der Waals surface area contributed by atoms with Crippen LogP contribution >= 0.6 is 0 Å². The van der Waals surface area contributed by atoms with Crippen molar-refractivity contribution in [1.82, 2.24) is 4.90 Å². The summed E-state index contributed by atoms with van der Waals surface area (Å²) in [5.74, 6) is 0.814. The van der Waals surface area contributed by atoms with Crippen molar-refractivity contribution in [3.8, 4) is 5.75 Å². The van der Waals surface area contributed by atoms with Crippen molar-refractivity contribution in [3.63, 3.8) is 0 Å². The Hall–Kier alpha value is -2.67. The van der Waals surface area contributed by atoms with E-state index in [1.54, 1.807) is 13.2 Å². The van der Waals surface area contributed by atoms with Crippen molar-refractivity contribution in [2.45, 2.75) is 25.2 Å². The third kappa shape index (κ3) is 6.69. The summed E-state index contributed by atoms with van der Waals surface area (Å²) < 4.78 is 10.7. The Bertz CT molecular complexity index is 825. The number of rotatable bonds is 12. The molecule has 0 amide bonds. The second-order valence-corrected chi connectivity index (χ2v) is 7.36. The minimum absolute atomic E-state index is 0.0629. The lowest BCUT2D eigenvalue weighted by atomic mass is 10.0. The van der Waals surface area contributed by atoms with E-state index in [0.717, 1.165) is 29.0 Å². The first kappa shape index (κ1) is 22.0. The highest BCUT2D eigenvalue weighted by Gasteiger charge is 2.25. The number of benzene rings is 2. The van der Waals surface area contributed by atoms with Crippen LogP contribution in [0.4, 0.5) is 0 Å². The number of hydrogen-bond acceptors (Lipinski definition) is 6. The lowest BCUT2D eigenvalue weighted by molar-refractivity contribution is 0.00335. The summed E-state index contributed by atoms with van der Waals surface area (Å²) in [6, 6.07) is 18.0. The lowest BCUT2D eigenvalue weighted by Crippen LogP contribution is -2.39. The van der Waals surface area contributed by atoms with E-state index >= 15 is 0 Å². The molecule has 1 aliphatic rings. The Kier molecular flexibility index (Phi) is 8.44. The maximum Gasteiger partial charge on any atom is 0.145 e. The van der Waals surface area contributed by atoms with Gasteiger partial charge < -0.3 is 19.4 Å². The maximum absolute atomic E-state index is 10.4. The molecule has 2 aromatic rings. The Balaban J connectivity index is 1.62. The molecule has 0 radical (unpaired) electrons. The molecular formula is C24H30N2O4. The van der Waals surface area contributed by atoms with Gasteiger partial charge in [-0.3, -0.25) is 4.90 Å². The zero-order valence-corrected chi connectivity index (χ0v) is 17.4. The van der Waals surface area contributed by atoms with Crippen molar-refractivity contribution in [2.24, 2.45) is 5.16 Å². The molecule has 0 saturated carbocycles. The lowest BCUT2D eigenvalue weighted by Gasteiger charge is -2.27. The zero-order valence-electron chi connectivity index (χ0n) is 17.4. The number of ether oxygens (including phenoxy) is 2. The van der Waals surface area contributed by atoms with Gasteiger partial charge in [-0.05, 0) is 23.3 Å². The molecule has 0 saturated heterocycles. The van der Waals surface area contributed by atoms with Crippen LogP contribution < -0.4 is 4.74 Å². The summed E-state index contributed by atoms with van der Waals surface area (Å²) in [4.78, 5) is 7.88. The van der Waals surface area contributed by atoms with Gasteiger partial charge in [0.2, 0.25) is 0 Å². The molecule has 6 nitrogen and oxygen atoms in total. The van der Waals surface area contributed by atoms with Crippen LogP contribution in [0.5, 0.6) is 5.75 Å². The van der Waals surface area contributed by atoms with Crippen LogP contribution in [0.15, 0.2) is 72.4 Å². The molecule has 3 rings (SSSR count).